The highest BCUT2D eigenvalue weighted by Crippen LogP contribution is 2.35. The predicted molar refractivity (Wildman–Crippen MR) is 91.7 cm³/mol. The van der Waals surface area contributed by atoms with E-state index in [0.717, 1.165) is 11.1 Å². The number of β-amino-alcohol motifs (C(OH)–C–C–N with tert-alkyl or cyclic N) is 1. The van der Waals surface area contributed by atoms with E-state index in [9.17, 15) is 9.90 Å². The number of carbonyl (C=O) groups is 1. The van der Waals surface area contributed by atoms with Gasteiger partial charge in [0.2, 0.25) is 5.91 Å². The zero-order valence-corrected chi connectivity index (χ0v) is 14.2. The molecule has 0 saturated heterocycles. The fourth-order valence-corrected chi connectivity index (χ4v) is 3.61. The Kier molecular flexibility index (Phi) is 4.62. The minimum Gasteiger partial charge on any atom is -0.387 e. The first-order chi connectivity index (χ1) is 11.0. The number of carbonyl (C=O) groups excluding carboxylic acids is 1. The van der Waals surface area contributed by atoms with Crippen LogP contribution in [0.1, 0.15) is 35.8 Å². The van der Waals surface area contributed by atoms with E-state index < -0.39 is 6.10 Å². The molecule has 0 saturated carbocycles. The lowest BCUT2D eigenvalue weighted by atomic mass is 9.91. The number of nitrogens with zero attached hydrogens (tertiary/aromatic N) is 1. The number of hydrogen-bond acceptors (Lipinski definition) is 2. The van der Waals surface area contributed by atoms with Gasteiger partial charge in [-0.1, -0.05) is 53.5 Å². The molecular weight excluding hydrogens is 333 g/mol. The minimum atomic E-state index is -0.673. The van der Waals surface area contributed by atoms with E-state index in [4.69, 9.17) is 23.2 Å². The fraction of sp³-hybridized carbons (Fsp3) is 0.278. The third-order valence-electron chi connectivity index (χ3n) is 4.35. The number of rotatable bonds is 2. The molecule has 1 amide bonds. The molecule has 1 N–H and O–H groups in total. The maximum atomic E-state index is 12.7. The van der Waals surface area contributed by atoms with E-state index in [1.165, 1.54) is 0 Å². The van der Waals surface area contributed by atoms with E-state index in [2.05, 4.69) is 0 Å². The van der Waals surface area contributed by atoms with Gasteiger partial charge in [0.25, 0.3) is 0 Å². The molecule has 0 radical (unpaired) electrons. The summed E-state index contributed by atoms with van der Waals surface area (Å²) in [6, 6.07) is 12.8. The molecule has 0 spiro atoms. The molecule has 2 aromatic rings. The first-order valence-corrected chi connectivity index (χ1v) is 8.24. The fourth-order valence-electron chi connectivity index (χ4n) is 3.08. The first-order valence-electron chi connectivity index (χ1n) is 7.48. The van der Waals surface area contributed by atoms with Crippen molar-refractivity contribution in [3.05, 3.63) is 69.2 Å². The van der Waals surface area contributed by atoms with Crippen LogP contribution < -0.4 is 0 Å². The van der Waals surface area contributed by atoms with Gasteiger partial charge in [-0.15, -0.1) is 0 Å². The molecule has 2 atom stereocenters. The second-order valence-corrected chi connectivity index (χ2v) is 6.56. The third-order valence-corrected chi connectivity index (χ3v) is 5.06. The van der Waals surface area contributed by atoms with Gasteiger partial charge in [0.15, 0.2) is 0 Å². The van der Waals surface area contributed by atoms with Crippen molar-refractivity contribution in [3.8, 4) is 0 Å². The summed E-state index contributed by atoms with van der Waals surface area (Å²) in [7, 11) is 0. The van der Waals surface area contributed by atoms with Gasteiger partial charge in [0, 0.05) is 10.0 Å². The van der Waals surface area contributed by atoms with Gasteiger partial charge in [-0.05, 0) is 35.7 Å². The molecule has 120 valence electrons. The Morgan fingerprint density at radius 2 is 1.74 bits per heavy atom. The van der Waals surface area contributed by atoms with E-state index in [-0.39, 0.29) is 24.9 Å². The molecule has 3 nitrogen and oxygen atoms in total. The lowest BCUT2D eigenvalue weighted by Crippen LogP contribution is -2.41. The van der Waals surface area contributed by atoms with Crippen LogP contribution in [0.25, 0.3) is 0 Å². The Balaban J connectivity index is 1.86. The Hall–Kier alpha value is -1.55. The van der Waals surface area contributed by atoms with Crippen LogP contribution in [-0.4, -0.2) is 22.5 Å². The van der Waals surface area contributed by atoms with Crippen molar-refractivity contribution < 1.29 is 9.90 Å². The summed E-state index contributed by atoms with van der Waals surface area (Å²) in [6.45, 7) is 2.25. The van der Waals surface area contributed by atoms with E-state index in [1.807, 2.05) is 31.2 Å². The van der Waals surface area contributed by atoms with Crippen molar-refractivity contribution in [2.45, 2.75) is 25.5 Å². The minimum absolute atomic E-state index is 0.0941. The van der Waals surface area contributed by atoms with Crippen LogP contribution in [0.2, 0.25) is 10.0 Å². The van der Waals surface area contributed by atoms with Crippen molar-refractivity contribution in [1.82, 2.24) is 4.90 Å². The van der Waals surface area contributed by atoms with Crippen molar-refractivity contribution in [3.63, 3.8) is 0 Å². The van der Waals surface area contributed by atoms with Crippen molar-refractivity contribution >= 4 is 29.1 Å². The van der Waals surface area contributed by atoms with Crippen LogP contribution in [0.4, 0.5) is 0 Å². The van der Waals surface area contributed by atoms with Gasteiger partial charge < -0.3 is 10.0 Å². The Labute approximate surface area is 145 Å². The number of aliphatic hydroxyl groups is 1. The lowest BCUT2D eigenvalue weighted by molar-refractivity contribution is -0.135. The van der Waals surface area contributed by atoms with Crippen LogP contribution in [0, 0.1) is 0 Å². The van der Waals surface area contributed by atoms with Gasteiger partial charge in [-0.2, -0.15) is 0 Å². The summed E-state index contributed by atoms with van der Waals surface area (Å²) in [5, 5.41) is 11.3. The van der Waals surface area contributed by atoms with Gasteiger partial charge in [-0.3, -0.25) is 4.79 Å². The monoisotopic (exact) mass is 349 g/mol. The summed E-state index contributed by atoms with van der Waals surface area (Å²) >= 11 is 12.3. The number of benzene rings is 2. The topological polar surface area (TPSA) is 40.5 Å². The molecule has 0 bridgehead atoms. The molecule has 3 rings (SSSR count). The van der Waals surface area contributed by atoms with E-state index in [1.54, 1.807) is 23.1 Å². The molecule has 1 unspecified atom stereocenters. The number of fused-ring (bicyclic) bond motifs is 1. The van der Waals surface area contributed by atoms with Crippen LogP contribution in [0.3, 0.4) is 0 Å². The zero-order valence-electron chi connectivity index (χ0n) is 12.7. The predicted octanol–water partition coefficient (Wildman–Crippen LogP) is 4.17. The molecule has 23 heavy (non-hydrogen) atoms. The van der Waals surface area contributed by atoms with Crippen LogP contribution in [-0.2, 0) is 11.2 Å². The summed E-state index contributed by atoms with van der Waals surface area (Å²) in [5.41, 5.74) is 2.49. The van der Waals surface area contributed by atoms with Crippen molar-refractivity contribution in [2.75, 3.05) is 6.54 Å². The Morgan fingerprint density at radius 3 is 2.39 bits per heavy atom. The summed E-state index contributed by atoms with van der Waals surface area (Å²) in [6.07, 6.45) is -0.550. The zero-order chi connectivity index (χ0) is 16.6. The molecule has 0 aromatic heterocycles. The molecule has 1 aliphatic heterocycles. The number of hydrogen-bond donors (Lipinski definition) is 1. The average molecular weight is 350 g/mol. The summed E-state index contributed by atoms with van der Waals surface area (Å²) in [4.78, 5) is 14.4. The van der Waals surface area contributed by atoms with Gasteiger partial charge in [-0.25, -0.2) is 0 Å². The number of aliphatic hydroxyl groups excluding tert-OH is 1. The summed E-state index contributed by atoms with van der Waals surface area (Å²) < 4.78 is 0. The third kappa shape index (κ3) is 3.09. The Bertz CT molecular complexity index is 727. The SMILES string of the molecule is C[C@H]1c2ccccc2C(O)CN1C(=O)Cc1c(Cl)cccc1Cl. The first kappa shape index (κ1) is 16.3. The molecule has 0 aliphatic carbocycles. The second-order valence-electron chi connectivity index (χ2n) is 5.74. The standard InChI is InChI=1S/C18H17Cl2NO2/c1-11-12-5-2-3-6-13(12)17(22)10-21(11)18(23)9-14-15(19)7-4-8-16(14)20/h2-8,11,17,22H,9-10H2,1H3/t11-,17?/m0/s1. The Morgan fingerprint density at radius 1 is 1.13 bits per heavy atom. The van der Waals surface area contributed by atoms with Crippen molar-refractivity contribution in [1.29, 1.82) is 0 Å². The molecule has 1 aliphatic rings. The highest BCUT2D eigenvalue weighted by molar-refractivity contribution is 6.36. The molecule has 1 heterocycles. The normalized spacial score (nSPS) is 20.3. The average Bonchev–Trinajstić information content (AvgIpc) is 2.54. The summed E-state index contributed by atoms with van der Waals surface area (Å²) in [5.74, 6) is -0.0962. The van der Waals surface area contributed by atoms with E-state index in [0.29, 0.717) is 15.6 Å². The van der Waals surface area contributed by atoms with Crippen LogP contribution in [0.5, 0.6) is 0 Å². The van der Waals surface area contributed by atoms with Gasteiger partial charge >= 0.3 is 0 Å². The van der Waals surface area contributed by atoms with Crippen LogP contribution >= 0.6 is 23.2 Å². The van der Waals surface area contributed by atoms with Gasteiger partial charge in [0.1, 0.15) is 0 Å². The largest absolute Gasteiger partial charge is 0.387 e. The van der Waals surface area contributed by atoms with Crippen LogP contribution in [0.15, 0.2) is 42.5 Å². The van der Waals surface area contributed by atoms with Gasteiger partial charge in [0.05, 0.1) is 25.1 Å². The molecule has 5 heteroatoms. The second kappa shape index (κ2) is 6.52. The maximum absolute atomic E-state index is 12.7. The number of amides is 1. The molecule has 2 aromatic carbocycles. The maximum Gasteiger partial charge on any atom is 0.227 e. The quantitative estimate of drug-likeness (QED) is 0.883. The molecular formula is C18H17Cl2NO2. The lowest BCUT2D eigenvalue weighted by Gasteiger charge is -2.38. The highest BCUT2D eigenvalue weighted by atomic mass is 35.5. The molecule has 0 fully saturated rings. The van der Waals surface area contributed by atoms with E-state index >= 15 is 0 Å². The smallest absolute Gasteiger partial charge is 0.227 e. The number of halogens is 2. The van der Waals surface area contributed by atoms with Crippen molar-refractivity contribution in [2.24, 2.45) is 0 Å². The highest BCUT2D eigenvalue weighted by Gasteiger charge is 2.32.